The van der Waals surface area contributed by atoms with Crippen LogP contribution in [0.4, 0.5) is 0 Å². The number of ether oxygens (including phenoxy) is 2. The average molecular weight is 350 g/mol. The van der Waals surface area contributed by atoms with Crippen LogP contribution >= 0.6 is 39.1 Å². The fraction of sp³-hybridized carbons (Fsp3) is 0.0909. The van der Waals surface area contributed by atoms with E-state index < -0.39 is 0 Å². The van der Waals surface area contributed by atoms with Gasteiger partial charge in [0.1, 0.15) is 11.5 Å². The molecule has 0 saturated carbocycles. The second-order valence-corrected chi connectivity index (χ2v) is 4.82. The third-order valence-corrected chi connectivity index (χ3v) is 3.11. The molecule has 0 bridgehead atoms. The summed E-state index contributed by atoms with van der Waals surface area (Å²) in [5.74, 6) is 1.62. The molecule has 1 heterocycles. The van der Waals surface area contributed by atoms with Gasteiger partial charge in [-0.15, -0.1) is 10.2 Å². The number of nitrogens with zero attached hydrogens (tertiary/aromatic N) is 2. The molecule has 0 aliphatic heterocycles. The van der Waals surface area contributed by atoms with Crippen molar-refractivity contribution in [3.8, 4) is 17.2 Å². The Morgan fingerprint density at radius 3 is 2.56 bits per heavy atom. The molecule has 0 aliphatic carbocycles. The van der Waals surface area contributed by atoms with E-state index in [1.807, 2.05) is 0 Å². The summed E-state index contributed by atoms with van der Waals surface area (Å²) in [5, 5.41) is 7.61. The Bertz CT molecular complexity index is 581. The summed E-state index contributed by atoms with van der Waals surface area (Å²) in [6.45, 7) is 0. The maximum Gasteiger partial charge on any atom is 0.194 e. The lowest BCUT2D eigenvalue weighted by molar-refractivity contribution is 0.412. The monoisotopic (exact) mass is 348 g/mol. The summed E-state index contributed by atoms with van der Waals surface area (Å²) in [6, 6.07) is 6.78. The van der Waals surface area contributed by atoms with Crippen LogP contribution in [0.3, 0.4) is 0 Å². The van der Waals surface area contributed by atoms with Crippen molar-refractivity contribution in [2.75, 3.05) is 7.11 Å². The van der Waals surface area contributed by atoms with Gasteiger partial charge in [-0.25, -0.2) is 0 Å². The van der Waals surface area contributed by atoms with Crippen LogP contribution in [0.5, 0.6) is 17.2 Å². The Morgan fingerprint density at radius 2 is 1.89 bits per heavy atom. The van der Waals surface area contributed by atoms with Crippen LogP contribution in [-0.4, -0.2) is 17.3 Å². The SMILES string of the molecule is COc1ccc(Oc2cc(Cl)nnc2Cl)c(Br)c1. The second kappa shape index (κ2) is 5.73. The van der Waals surface area contributed by atoms with Crippen LogP contribution in [0, 0.1) is 0 Å². The molecule has 7 heteroatoms. The van der Waals surface area contributed by atoms with Crippen LogP contribution in [-0.2, 0) is 0 Å². The molecule has 1 aromatic heterocycles. The smallest absolute Gasteiger partial charge is 0.194 e. The maximum atomic E-state index is 5.86. The van der Waals surface area contributed by atoms with E-state index >= 15 is 0 Å². The fourth-order valence-electron chi connectivity index (χ4n) is 1.22. The summed E-state index contributed by atoms with van der Waals surface area (Å²) in [5.41, 5.74) is 0. The number of halogens is 3. The molecule has 94 valence electrons. The van der Waals surface area contributed by atoms with Gasteiger partial charge in [0, 0.05) is 6.07 Å². The predicted octanol–water partition coefficient (Wildman–Crippen LogP) is 4.35. The summed E-state index contributed by atoms with van der Waals surface area (Å²) in [4.78, 5) is 0. The second-order valence-electron chi connectivity index (χ2n) is 3.22. The molecule has 18 heavy (non-hydrogen) atoms. The number of aromatic nitrogens is 2. The molecule has 1 aromatic carbocycles. The van der Waals surface area contributed by atoms with Gasteiger partial charge in [-0.05, 0) is 34.1 Å². The first kappa shape index (κ1) is 13.4. The van der Waals surface area contributed by atoms with Crippen LogP contribution in [0.1, 0.15) is 0 Å². The van der Waals surface area contributed by atoms with Crippen molar-refractivity contribution in [1.29, 1.82) is 0 Å². The van der Waals surface area contributed by atoms with Crippen molar-refractivity contribution < 1.29 is 9.47 Å². The zero-order valence-corrected chi connectivity index (χ0v) is 12.3. The lowest BCUT2D eigenvalue weighted by Gasteiger charge is -2.09. The largest absolute Gasteiger partial charge is 0.497 e. The normalized spacial score (nSPS) is 10.2. The third-order valence-electron chi connectivity index (χ3n) is 2.05. The minimum absolute atomic E-state index is 0.141. The van der Waals surface area contributed by atoms with Crippen molar-refractivity contribution in [3.63, 3.8) is 0 Å². The van der Waals surface area contributed by atoms with E-state index in [0.717, 1.165) is 4.47 Å². The molecule has 0 N–H and O–H groups in total. The Kier molecular flexibility index (Phi) is 4.27. The zero-order chi connectivity index (χ0) is 13.1. The van der Waals surface area contributed by atoms with E-state index in [9.17, 15) is 0 Å². The van der Waals surface area contributed by atoms with Gasteiger partial charge in [0.15, 0.2) is 16.1 Å². The first-order valence-corrected chi connectivity index (χ1v) is 6.35. The number of rotatable bonds is 3. The fourth-order valence-corrected chi connectivity index (χ4v) is 1.93. The van der Waals surface area contributed by atoms with E-state index in [1.165, 1.54) is 6.07 Å². The lowest BCUT2D eigenvalue weighted by Crippen LogP contribution is -1.91. The standard InChI is InChI=1S/C11H7BrCl2N2O2/c1-17-6-2-3-8(7(12)4-6)18-9-5-10(13)15-16-11(9)14/h2-5H,1H3. The van der Waals surface area contributed by atoms with Gasteiger partial charge < -0.3 is 9.47 Å². The summed E-state index contributed by atoms with van der Waals surface area (Å²) < 4.78 is 11.4. The topological polar surface area (TPSA) is 44.2 Å². The lowest BCUT2D eigenvalue weighted by atomic mass is 10.3. The van der Waals surface area contributed by atoms with E-state index in [1.54, 1.807) is 25.3 Å². The molecule has 0 spiro atoms. The minimum atomic E-state index is 0.141. The van der Waals surface area contributed by atoms with Crippen LogP contribution in [0.2, 0.25) is 10.3 Å². The third kappa shape index (κ3) is 3.04. The molecule has 4 nitrogen and oxygen atoms in total. The van der Waals surface area contributed by atoms with Gasteiger partial charge in [0.2, 0.25) is 0 Å². The molecular weight excluding hydrogens is 343 g/mol. The number of hydrogen-bond donors (Lipinski definition) is 0. The van der Waals surface area contributed by atoms with Crippen LogP contribution in [0.15, 0.2) is 28.7 Å². The summed E-state index contributed by atoms with van der Waals surface area (Å²) >= 11 is 15.0. The summed E-state index contributed by atoms with van der Waals surface area (Å²) in [6.07, 6.45) is 0. The van der Waals surface area contributed by atoms with Gasteiger partial charge in [0.05, 0.1) is 11.6 Å². The van der Waals surface area contributed by atoms with E-state index in [0.29, 0.717) is 17.2 Å². The Balaban J connectivity index is 2.31. The van der Waals surface area contributed by atoms with E-state index in [2.05, 4.69) is 26.1 Å². The number of benzene rings is 1. The first-order chi connectivity index (χ1) is 8.60. The zero-order valence-electron chi connectivity index (χ0n) is 9.15. The van der Waals surface area contributed by atoms with Crippen LogP contribution in [0.25, 0.3) is 0 Å². The molecule has 0 aliphatic rings. The van der Waals surface area contributed by atoms with Gasteiger partial charge in [0.25, 0.3) is 0 Å². The molecule has 2 rings (SSSR count). The molecular formula is C11H7BrCl2N2O2. The Hall–Kier alpha value is -1.04. The minimum Gasteiger partial charge on any atom is -0.497 e. The predicted molar refractivity (Wildman–Crippen MR) is 72.8 cm³/mol. The van der Waals surface area contributed by atoms with Crippen molar-refractivity contribution >= 4 is 39.1 Å². The molecule has 0 radical (unpaired) electrons. The number of methoxy groups -OCH3 is 1. The molecule has 0 atom stereocenters. The first-order valence-electron chi connectivity index (χ1n) is 4.80. The highest BCUT2D eigenvalue weighted by molar-refractivity contribution is 9.10. The Morgan fingerprint density at radius 1 is 1.11 bits per heavy atom. The van der Waals surface area contributed by atoms with Crippen LogP contribution < -0.4 is 9.47 Å². The molecule has 0 saturated heterocycles. The molecule has 0 unspecified atom stereocenters. The van der Waals surface area contributed by atoms with E-state index in [-0.39, 0.29) is 10.3 Å². The van der Waals surface area contributed by atoms with Crippen molar-refractivity contribution in [3.05, 3.63) is 39.0 Å². The van der Waals surface area contributed by atoms with Gasteiger partial charge in [-0.2, -0.15) is 0 Å². The Labute approximate surface area is 122 Å². The highest BCUT2D eigenvalue weighted by Gasteiger charge is 2.09. The molecule has 0 amide bonds. The summed E-state index contributed by atoms with van der Waals surface area (Å²) in [7, 11) is 1.59. The molecule has 2 aromatic rings. The van der Waals surface area contributed by atoms with Gasteiger partial charge in [-0.3, -0.25) is 0 Å². The van der Waals surface area contributed by atoms with Gasteiger partial charge >= 0.3 is 0 Å². The highest BCUT2D eigenvalue weighted by atomic mass is 79.9. The quantitative estimate of drug-likeness (QED) is 0.826. The molecule has 0 fully saturated rings. The van der Waals surface area contributed by atoms with Gasteiger partial charge in [-0.1, -0.05) is 23.2 Å². The number of hydrogen-bond acceptors (Lipinski definition) is 4. The van der Waals surface area contributed by atoms with Crippen molar-refractivity contribution in [1.82, 2.24) is 10.2 Å². The average Bonchev–Trinajstić information content (AvgIpc) is 2.36. The highest BCUT2D eigenvalue weighted by Crippen LogP contribution is 2.35. The van der Waals surface area contributed by atoms with Crippen molar-refractivity contribution in [2.24, 2.45) is 0 Å². The van der Waals surface area contributed by atoms with Crippen molar-refractivity contribution in [2.45, 2.75) is 0 Å². The van der Waals surface area contributed by atoms with E-state index in [4.69, 9.17) is 32.7 Å². The maximum absolute atomic E-state index is 5.86.